The third kappa shape index (κ3) is 1.66. The number of halogens is 1. The highest BCUT2D eigenvalue weighted by Gasteiger charge is 2.18. The van der Waals surface area contributed by atoms with Crippen LogP contribution in [0.4, 0.5) is 5.82 Å². The molecule has 0 spiro atoms. The quantitative estimate of drug-likeness (QED) is 0.756. The van der Waals surface area contributed by atoms with Gasteiger partial charge in [-0.1, -0.05) is 30.9 Å². The van der Waals surface area contributed by atoms with Crippen molar-refractivity contribution in [3.8, 4) is 0 Å². The van der Waals surface area contributed by atoms with Crippen LogP contribution in [0.3, 0.4) is 0 Å². The minimum Gasteiger partial charge on any atom is -0.383 e. The normalized spacial score (nSPS) is 19.2. The molecule has 72 valence electrons. The molecular formula is C9H14ClN3. The van der Waals surface area contributed by atoms with Gasteiger partial charge in [-0.15, -0.1) is 0 Å². The van der Waals surface area contributed by atoms with Crippen molar-refractivity contribution in [2.75, 3.05) is 5.73 Å². The zero-order chi connectivity index (χ0) is 9.26. The Morgan fingerprint density at radius 3 is 2.62 bits per heavy atom. The summed E-state index contributed by atoms with van der Waals surface area (Å²) < 4.78 is 1.88. The lowest BCUT2D eigenvalue weighted by molar-refractivity contribution is 0.333. The Labute approximate surface area is 82.9 Å². The van der Waals surface area contributed by atoms with E-state index in [0.717, 1.165) is 0 Å². The molecule has 0 aliphatic heterocycles. The molecule has 0 unspecified atom stereocenters. The SMILES string of the molecule is Nc1c(Cl)cnn1C1CCCCC1. The fourth-order valence-electron chi connectivity index (χ4n) is 1.97. The van der Waals surface area contributed by atoms with Crippen molar-refractivity contribution in [1.82, 2.24) is 9.78 Å². The average molecular weight is 200 g/mol. The Balaban J connectivity index is 2.18. The highest BCUT2D eigenvalue weighted by Crippen LogP contribution is 2.31. The molecule has 0 aromatic carbocycles. The Morgan fingerprint density at radius 2 is 2.08 bits per heavy atom. The third-order valence-electron chi connectivity index (χ3n) is 2.71. The Bertz CT molecular complexity index is 289. The fourth-order valence-corrected chi connectivity index (χ4v) is 2.10. The maximum absolute atomic E-state index is 5.84. The van der Waals surface area contributed by atoms with E-state index in [4.69, 9.17) is 17.3 Å². The fraction of sp³-hybridized carbons (Fsp3) is 0.667. The number of nitrogens with zero attached hydrogens (tertiary/aromatic N) is 2. The van der Waals surface area contributed by atoms with Crippen LogP contribution in [0.5, 0.6) is 0 Å². The van der Waals surface area contributed by atoms with Gasteiger partial charge < -0.3 is 5.73 Å². The Kier molecular flexibility index (Phi) is 2.44. The van der Waals surface area contributed by atoms with Crippen LogP contribution in [0.2, 0.25) is 5.02 Å². The molecule has 1 heterocycles. The molecule has 1 aliphatic rings. The van der Waals surface area contributed by atoms with Gasteiger partial charge in [0.1, 0.15) is 10.8 Å². The van der Waals surface area contributed by atoms with Crippen molar-refractivity contribution < 1.29 is 0 Å². The van der Waals surface area contributed by atoms with Crippen molar-refractivity contribution in [1.29, 1.82) is 0 Å². The van der Waals surface area contributed by atoms with Crippen LogP contribution in [-0.4, -0.2) is 9.78 Å². The summed E-state index contributed by atoms with van der Waals surface area (Å²) in [5.41, 5.74) is 5.80. The van der Waals surface area contributed by atoms with E-state index in [2.05, 4.69) is 5.10 Å². The summed E-state index contributed by atoms with van der Waals surface area (Å²) in [4.78, 5) is 0. The van der Waals surface area contributed by atoms with Gasteiger partial charge in [-0.25, -0.2) is 4.68 Å². The summed E-state index contributed by atoms with van der Waals surface area (Å²) in [5.74, 6) is 0.619. The van der Waals surface area contributed by atoms with Crippen molar-refractivity contribution in [3.63, 3.8) is 0 Å². The van der Waals surface area contributed by atoms with Gasteiger partial charge in [0.25, 0.3) is 0 Å². The first-order valence-corrected chi connectivity index (χ1v) is 5.15. The van der Waals surface area contributed by atoms with Crippen LogP contribution in [0.1, 0.15) is 38.1 Å². The van der Waals surface area contributed by atoms with E-state index in [1.54, 1.807) is 6.20 Å². The molecule has 3 nitrogen and oxygen atoms in total. The molecule has 1 saturated carbocycles. The number of rotatable bonds is 1. The first-order valence-electron chi connectivity index (χ1n) is 4.77. The van der Waals surface area contributed by atoms with Crippen LogP contribution in [0, 0.1) is 0 Å². The van der Waals surface area contributed by atoms with Crippen LogP contribution in [-0.2, 0) is 0 Å². The summed E-state index contributed by atoms with van der Waals surface area (Å²) in [6.45, 7) is 0. The van der Waals surface area contributed by atoms with Gasteiger partial charge in [0.05, 0.1) is 12.2 Å². The lowest BCUT2D eigenvalue weighted by Gasteiger charge is -2.22. The molecule has 1 aromatic rings. The van der Waals surface area contributed by atoms with Crippen molar-refractivity contribution >= 4 is 17.4 Å². The Morgan fingerprint density at radius 1 is 1.38 bits per heavy atom. The van der Waals surface area contributed by atoms with E-state index in [-0.39, 0.29) is 0 Å². The summed E-state index contributed by atoms with van der Waals surface area (Å²) in [6.07, 6.45) is 7.89. The van der Waals surface area contributed by atoms with Gasteiger partial charge in [-0.3, -0.25) is 0 Å². The van der Waals surface area contributed by atoms with Crippen LogP contribution in [0.25, 0.3) is 0 Å². The van der Waals surface area contributed by atoms with E-state index >= 15 is 0 Å². The van der Waals surface area contributed by atoms with Gasteiger partial charge in [-0.2, -0.15) is 5.10 Å². The van der Waals surface area contributed by atoms with Crippen LogP contribution < -0.4 is 5.73 Å². The lowest BCUT2D eigenvalue weighted by Crippen LogP contribution is -2.15. The van der Waals surface area contributed by atoms with E-state index in [0.29, 0.717) is 16.9 Å². The molecule has 0 radical (unpaired) electrons. The standard InChI is InChI=1S/C9H14ClN3/c10-8-6-12-13(9(8)11)7-4-2-1-3-5-7/h6-7H,1-5,11H2. The molecule has 0 bridgehead atoms. The molecule has 0 saturated heterocycles. The molecular weight excluding hydrogens is 186 g/mol. The topological polar surface area (TPSA) is 43.8 Å². The third-order valence-corrected chi connectivity index (χ3v) is 3.00. The molecule has 2 rings (SSSR count). The average Bonchev–Trinajstić information content (AvgIpc) is 2.49. The number of anilines is 1. The minimum absolute atomic E-state index is 0.473. The monoisotopic (exact) mass is 199 g/mol. The van der Waals surface area contributed by atoms with Crippen LogP contribution >= 0.6 is 11.6 Å². The highest BCUT2D eigenvalue weighted by atomic mass is 35.5. The summed E-state index contributed by atoms with van der Waals surface area (Å²) >= 11 is 5.84. The zero-order valence-electron chi connectivity index (χ0n) is 7.54. The summed E-state index contributed by atoms with van der Waals surface area (Å²) in [7, 11) is 0. The van der Waals surface area contributed by atoms with Crippen molar-refractivity contribution in [2.24, 2.45) is 0 Å². The van der Waals surface area contributed by atoms with E-state index in [1.807, 2.05) is 4.68 Å². The van der Waals surface area contributed by atoms with E-state index in [1.165, 1.54) is 32.1 Å². The molecule has 4 heteroatoms. The Hall–Kier alpha value is -0.700. The van der Waals surface area contributed by atoms with Crippen LogP contribution in [0.15, 0.2) is 6.20 Å². The molecule has 0 atom stereocenters. The number of hydrogen-bond donors (Lipinski definition) is 1. The minimum atomic E-state index is 0.473. The molecule has 0 amide bonds. The van der Waals surface area contributed by atoms with Gasteiger partial charge in [-0.05, 0) is 12.8 Å². The van der Waals surface area contributed by atoms with Crippen molar-refractivity contribution in [2.45, 2.75) is 38.1 Å². The summed E-state index contributed by atoms with van der Waals surface area (Å²) in [6, 6.07) is 0.473. The van der Waals surface area contributed by atoms with E-state index in [9.17, 15) is 0 Å². The maximum atomic E-state index is 5.84. The number of hydrogen-bond acceptors (Lipinski definition) is 2. The largest absolute Gasteiger partial charge is 0.383 e. The molecule has 1 fully saturated rings. The molecule has 2 N–H and O–H groups in total. The van der Waals surface area contributed by atoms with Crippen molar-refractivity contribution in [3.05, 3.63) is 11.2 Å². The first kappa shape index (κ1) is 8.88. The zero-order valence-corrected chi connectivity index (χ0v) is 8.30. The molecule has 1 aromatic heterocycles. The van der Waals surface area contributed by atoms with E-state index < -0.39 is 0 Å². The maximum Gasteiger partial charge on any atom is 0.140 e. The second-order valence-corrected chi connectivity index (χ2v) is 4.02. The first-order chi connectivity index (χ1) is 6.29. The van der Waals surface area contributed by atoms with Gasteiger partial charge in [0.15, 0.2) is 0 Å². The number of nitrogen functional groups attached to an aromatic ring is 1. The smallest absolute Gasteiger partial charge is 0.140 e. The second kappa shape index (κ2) is 3.58. The molecule has 1 aliphatic carbocycles. The highest BCUT2D eigenvalue weighted by molar-refractivity contribution is 6.32. The van der Waals surface area contributed by atoms with Gasteiger partial charge in [0, 0.05) is 0 Å². The second-order valence-electron chi connectivity index (χ2n) is 3.61. The van der Waals surface area contributed by atoms with Gasteiger partial charge in [0.2, 0.25) is 0 Å². The molecule has 13 heavy (non-hydrogen) atoms. The summed E-state index contributed by atoms with van der Waals surface area (Å²) in [5, 5.41) is 4.77. The van der Waals surface area contributed by atoms with Gasteiger partial charge >= 0.3 is 0 Å². The lowest BCUT2D eigenvalue weighted by atomic mass is 9.96. The number of nitrogens with two attached hydrogens (primary N) is 1. The predicted molar refractivity (Wildman–Crippen MR) is 53.8 cm³/mol. The predicted octanol–water partition coefficient (Wildman–Crippen LogP) is 2.62. The number of aromatic nitrogens is 2.